The number of hydrogen-bond acceptors (Lipinski definition) is 5. The van der Waals surface area contributed by atoms with E-state index in [1.165, 1.54) is 4.31 Å². The molecule has 29 heavy (non-hydrogen) atoms. The summed E-state index contributed by atoms with van der Waals surface area (Å²) in [4.78, 5) is 12.6. The van der Waals surface area contributed by atoms with Gasteiger partial charge in [0.15, 0.2) is 0 Å². The number of aryl methyl sites for hydroxylation is 3. The van der Waals surface area contributed by atoms with Crippen molar-refractivity contribution >= 4 is 27.3 Å². The van der Waals surface area contributed by atoms with Crippen molar-refractivity contribution in [1.29, 1.82) is 0 Å². The average molecular weight is 418 g/mol. The largest absolute Gasteiger partial charge is 0.379 e. The van der Waals surface area contributed by atoms with E-state index in [1.807, 2.05) is 32.9 Å². The number of carbonyl (C=O) groups excluding carboxylic acids is 1. The van der Waals surface area contributed by atoms with Crippen LogP contribution in [0.25, 0.3) is 0 Å². The Balaban J connectivity index is 1.66. The molecule has 0 spiro atoms. The summed E-state index contributed by atoms with van der Waals surface area (Å²) >= 11 is 0. The Hall–Kier alpha value is -2.42. The standard InChI is InChI=1S/C21H27N3O4S/c1-15-11-16(2)21(17(3)12-15)23-20(25)14-22-18-5-4-6-19(13-18)29(26,27)24-7-9-28-10-8-24/h4-6,11-13,22H,7-10,14H2,1-3H3,(H,23,25). The minimum atomic E-state index is -3.57. The first kappa shape index (κ1) is 21.3. The Bertz CT molecular complexity index is 976. The van der Waals surface area contributed by atoms with Crippen LogP contribution in [-0.4, -0.2) is 51.5 Å². The van der Waals surface area contributed by atoms with E-state index in [1.54, 1.807) is 24.3 Å². The normalized spacial score (nSPS) is 15.1. The zero-order chi connectivity index (χ0) is 21.0. The molecule has 2 N–H and O–H groups in total. The van der Waals surface area contributed by atoms with E-state index in [9.17, 15) is 13.2 Å². The molecule has 0 saturated carbocycles. The van der Waals surface area contributed by atoms with Gasteiger partial charge >= 0.3 is 0 Å². The molecule has 1 amide bonds. The lowest BCUT2D eigenvalue weighted by Crippen LogP contribution is -2.40. The highest BCUT2D eigenvalue weighted by Gasteiger charge is 2.26. The van der Waals surface area contributed by atoms with Gasteiger partial charge in [0.25, 0.3) is 0 Å². The molecule has 2 aromatic carbocycles. The molecule has 2 aromatic rings. The maximum atomic E-state index is 12.8. The summed E-state index contributed by atoms with van der Waals surface area (Å²) in [6.45, 7) is 7.46. The minimum Gasteiger partial charge on any atom is -0.379 e. The lowest BCUT2D eigenvalue weighted by molar-refractivity contribution is -0.114. The number of hydrogen-bond donors (Lipinski definition) is 2. The van der Waals surface area contributed by atoms with Crippen LogP contribution in [0.4, 0.5) is 11.4 Å². The van der Waals surface area contributed by atoms with Crippen molar-refractivity contribution in [2.75, 3.05) is 43.5 Å². The van der Waals surface area contributed by atoms with E-state index in [0.29, 0.717) is 32.0 Å². The molecule has 0 bridgehead atoms. The molecule has 1 fully saturated rings. The van der Waals surface area contributed by atoms with Crippen molar-refractivity contribution in [3.63, 3.8) is 0 Å². The van der Waals surface area contributed by atoms with Crippen LogP contribution >= 0.6 is 0 Å². The molecule has 1 saturated heterocycles. The fourth-order valence-electron chi connectivity index (χ4n) is 3.45. The second kappa shape index (κ2) is 8.94. The van der Waals surface area contributed by atoms with Crippen LogP contribution in [0.15, 0.2) is 41.3 Å². The maximum Gasteiger partial charge on any atom is 0.243 e. The number of sulfonamides is 1. The zero-order valence-corrected chi connectivity index (χ0v) is 17.8. The first-order valence-electron chi connectivity index (χ1n) is 9.57. The van der Waals surface area contributed by atoms with Crippen molar-refractivity contribution in [2.45, 2.75) is 25.7 Å². The Morgan fingerprint density at radius 1 is 1.07 bits per heavy atom. The summed E-state index contributed by atoms with van der Waals surface area (Å²) in [5, 5.41) is 5.94. The molecular formula is C21H27N3O4S. The van der Waals surface area contributed by atoms with E-state index < -0.39 is 10.0 Å². The highest BCUT2D eigenvalue weighted by atomic mass is 32.2. The van der Waals surface area contributed by atoms with Gasteiger partial charge in [-0.3, -0.25) is 4.79 Å². The van der Waals surface area contributed by atoms with E-state index in [4.69, 9.17) is 4.74 Å². The molecule has 0 radical (unpaired) electrons. The van der Waals surface area contributed by atoms with Crippen molar-refractivity contribution in [1.82, 2.24) is 4.31 Å². The number of ether oxygens (including phenoxy) is 1. The van der Waals surface area contributed by atoms with Crippen LogP contribution in [0.5, 0.6) is 0 Å². The molecule has 1 aliphatic rings. The van der Waals surface area contributed by atoms with Crippen molar-refractivity contribution in [2.24, 2.45) is 0 Å². The number of anilines is 2. The third-order valence-electron chi connectivity index (χ3n) is 4.84. The van der Waals surface area contributed by atoms with Gasteiger partial charge in [-0.2, -0.15) is 4.31 Å². The number of carbonyl (C=O) groups is 1. The number of morpholine rings is 1. The van der Waals surface area contributed by atoms with Crippen LogP contribution in [0.3, 0.4) is 0 Å². The third-order valence-corrected chi connectivity index (χ3v) is 6.73. The SMILES string of the molecule is Cc1cc(C)c(NC(=O)CNc2cccc(S(=O)(=O)N3CCOCC3)c2)c(C)c1. The molecule has 0 unspecified atom stereocenters. The molecule has 7 nitrogen and oxygen atoms in total. The van der Waals surface area contributed by atoms with Crippen LogP contribution in [0.1, 0.15) is 16.7 Å². The molecule has 0 atom stereocenters. The highest BCUT2D eigenvalue weighted by Crippen LogP contribution is 2.23. The van der Waals surface area contributed by atoms with Crippen molar-refractivity contribution in [3.05, 3.63) is 53.1 Å². The van der Waals surface area contributed by atoms with Gasteiger partial charge in [-0.05, 0) is 50.1 Å². The maximum absolute atomic E-state index is 12.8. The van der Waals surface area contributed by atoms with Gasteiger partial charge in [-0.25, -0.2) is 8.42 Å². The number of rotatable bonds is 6. The molecule has 3 rings (SSSR count). The predicted octanol–water partition coefficient (Wildman–Crippen LogP) is 2.68. The van der Waals surface area contributed by atoms with E-state index in [0.717, 1.165) is 22.4 Å². The van der Waals surface area contributed by atoms with Gasteiger partial charge in [0.05, 0.1) is 24.7 Å². The van der Waals surface area contributed by atoms with E-state index in [2.05, 4.69) is 10.6 Å². The summed E-state index contributed by atoms with van der Waals surface area (Å²) < 4.78 is 32.2. The fraction of sp³-hybridized carbons (Fsp3) is 0.381. The Labute approximate surface area is 172 Å². The van der Waals surface area contributed by atoms with Crippen LogP contribution < -0.4 is 10.6 Å². The van der Waals surface area contributed by atoms with E-state index in [-0.39, 0.29) is 17.3 Å². The van der Waals surface area contributed by atoms with Crippen molar-refractivity contribution in [3.8, 4) is 0 Å². The van der Waals surface area contributed by atoms with Crippen molar-refractivity contribution < 1.29 is 17.9 Å². The summed E-state index contributed by atoms with van der Waals surface area (Å²) in [5.74, 6) is -0.193. The van der Waals surface area contributed by atoms with Crippen LogP contribution in [0.2, 0.25) is 0 Å². The lowest BCUT2D eigenvalue weighted by atomic mass is 10.1. The predicted molar refractivity (Wildman–Crippen MR) is 114 cm³/mol. The minimum absolute atomic E-state index is 0.0355. The van der Waals surface area contributed by atoms with Gasteiger partial charge in [0.1, 0.15) is 0 Å². The number of nitrogens with zero attached hydrogens (tertiary/aromatic N) is 1. The summed E-state index contributed by atoms with van der Waals surface area (Å²) in [5.41, 5.74) is 4.55. The number of nitrogens with one attached hydrogen (secondary N) is 2. The van der Waals surface area contributed by atoms with Gasteiger partial charge < -0.3 is 15.4 Å². The number of benzene rings is 2. The van der Waals surface area contributed by atoms with E-state index >= 15 is 0 Å². The van der Waals surface area contributed by atoms with Gasteiger partial charge in [-0.1, -0.05) is 23.8 Å². The summed E-state index contributed by atoms with van der Waals surface area (Å²) in [6, 6.07) is 10.6. The molecule has 0 aromatic heterocycles. The lowest BCUT2D eigenvalue weighted by Gasteiger charge is -2.26. The Morgan fingerprint density at radius 2 is 1.72 bits per heavy atom. The zero-order valence-electron chi connectivity index (χ0n) is 17.0. The molecular weight excluding hydrogens is 390 g/mol. The molecule has 0 aliphatic carbocycles. The smallest absolute Gasteiger partial charge is 0.243 e. The van der Waals surface area contributed by atoms with Gasteiger partial charge in [0.2, 0.25) is 15.9 Å². The first-order chi connectivity index (χ1) is 13.8. The fourth-order valence-corrected chi connectivity index (χ4v) is 4.90. The molecule has 156 valence electrons. The monoisotopic (exact) mass is 417 g/mol. The summed E-state index contributed by atoms with van der Waals surface area (Å²) in [6.07, 6.45) is 0. The topological polar surface area (TPSA) is 87.7 Å². The van der Waals surface area contributed by atoms with Gasteiger partial charge in [0, 0.05) is 24.5 Å². The second-order valence-corrected chi connectivity index (χ2v) is 9.16. The highest BCUT2D eigenvalue weighted by molar-refractivity contribution is 7.89. The molecule has 1 aliphatic heterocycles. The third kappa shape index (κ3) is 5.14. The average Bonchev–Trinajstić information content (AvgIpc) is 2.70. The summed E-state index contributed by atoms with van der Waals surface area (Å²) in [7, 11) is -3.57. The van der Waals surface area contributed by atoms with Crippen LogP contribution in [0, 0.1) is 20.8 Å². The first-order valence-corrected chi connectivity index (χ1v) is 11.0. The molecule has 1 heterocycles. The second-order valence-electron chi connectivity index (χ2n) is 7.22. The van der Waals surface area contributed by atoms with Gasteiger partial charge in [-0.15, -0.1) is 0 Å². The molecule has 8 heteroatoms. The Kier molecular flexibility index (Phi) is 6.56. The Morgan fingerprint density at radius 3 is 2.38 bits per heavy atom. The quantitative estimate of drug-likeness (QED) is 0.755. The van der Waals surface area contributed by atoms with Crippen LogP contribution in [-0.2, 0) is 19.6 Å². The number of amides is 1.